The molecule has 0 amide bonds. The van der Waals surface area contributed by atoms with Crippen LogP contribution in [0.1, 0.15) is 367 Å². The van der Waals surface area contributed by atoms with Gasteiger partial charge in [-0.15, -0.1) is 0 Å². The van der Waals surface area contributed by atoms with Crippen molar-refractivity contribution < 1.29 is 4.11 Å². The van der Waals surface area contributed by atoms with E-state index in [1.165, 1.54) is 248 Å². The van der Waals surface area contributed by atoms with Gasteiger partial charge in [-0.2, -0.15) is 0 Å². The Morgan fingerprint density at radius 3 is 0.926 bits per heavy atom. The van der Waals surface area contributed by atoms with Crippen molar-refractivity contribution in [2.45, 2.75) is 346 Å². The highest BCUT2D eigenvalue weighted by Crippen LogP contribution is 2.73. The number of hydrogen-bond donors (Lipinski definition) is 0. The van der Waals surface area contributed by atoms with E-state index < -0.39 is 0 Å². The van der Waals surface area contributed by atoms with E-state index in [0.29, 0.717) is 61.5 Å². The Balaban J connectivity index is 0.599. The zero-order valence-corrected chi connectivity index (χ0v) is 79.2. The van der Waals surface area contributed by atoms with Crippen molar-refractivity contribution in [3.05, 3.63) is 180 Å². The van der Waals surface area contributed by atoms with Crippen LogP contribution in [0.5, 0.6) is 0 Å². The summed E-state index contributed by atoms with van der Waals surface area (Å²) in [6.07, 6.45) is 50.7. The minimum Gasteiger partial charge on any atom is -0.0628 e. The summed E-state index contributed by atoms with van der Waals surface area (Å²) in [5.74, 6) is 21.0. The quantitative estimate of drug-likeness (QED) is 0.0566. The van der Waals surface area contributed by atoms with Crippen molar-refractivity contribution in [1.29, 1.82) is 0 Å². The van der Waals surface area contributed by atoms with Gasteiger partial charge in [-0.05, 0) is 450 Å². The normalized spacial score (nSPS) is 37.5. The molecule has 12 fully saturated rings. The molecule has 0 spiro atoms. The second kappa shape index (κ2) is 35.2. The van der Waals surface area contributed by atoms with Gasteiger partial charge in [0.15, 0.2) is 0 Å². The molecule has 0 heteroatoms. The summed E-state index contributed by atoms with van der Waals surface area (Å²) >= 11 is 0. The topological polar surface area (TPSA) is 0 Å². The van der Waals surface area contributed by atoms with E-state index in [9.17, 15) is 4.11 Å². The summed E-state index contributed by atoms with van der Waals surface area (Å²) in [5, 5.41) is 0. The van der Waals surface area contributed by atoms with Crippen LogP contribution in [0.25, 0.3) is 66.8 Å². The average Bonchev–Trinajstić information content (AvgIpc) is 1.64. The lowest BCUT2D eigenvalue weighted by atomic mass is 9.43. The molecule has 0 bridgehead atoms. The monoisotopic (exact) mass is 1630 g/mol. The standard InChI is InChI=1S/C122H166/c1-78(2)24-21-27-81(7)110-56-59-113-107-53-49-93-72-90(48-52-105(93)106(107)64-69-120(110,113)12)84-36-42-87(43-37-84)99-30-15-18-33-102(99)94-73-95(103-34-19-16-31-100(103)88-44-38-85(39-45-88)91-62-67-118(10)97(76-91)50-54-108-114-60-57-111(82(8)28-22-25-79(3)4)121(114,13)70-65-116(108)118)75-96(74-94)104-35-20-17-32-101(104)89-46-40-86(41-47-89)92-63-68-119(11)98(77-92)51-55-109-115-61-58-112(83(9)29-23-26-80(5)6)122(115,14)71-66-117(109)119/h15-20,30-47,73-75,78-83,90-93,97-98,105-117H,21-29,48-72,76-77H2,1-14H3/t81-,82-,83-,90?,91?,92?,93+,97+,98+,105+,106-,107-,108+,109+,110-,111-,112-,113+,114+,115+,116+,117+,118+,119+,120-,121-,122-/m1/s1/i73D,74D,75D. The van der Waals surface area contributed by atoms with Crippen LogP contribution in [0.3, 0.4) is 0 Å². The average molecular weight is 1640 g/mol. The zero-order valence-electron chi connectivity index (χ0n) is 82.2. The van der Waals surface area contributed by atoms with E-state index in [0.717, 1.165) is 180 Å². The zero-order chi connectivity index (χ0) is 86.8. The van der Waals surface area contributed by atoms with Crippen molar-refractivity contribution in [3.8, 4) is 66.8 Å². The van der Waals surface area contributed by atoms with E-state index >= 15 is 0 Å². The van der Waals surface area contributed by atoms with Crippen LogP contribution in [-0.4, -0.2) is 0 Å². The number of rotatable bonds is 24. The van der Waals surface area contributed by atoms with Crippen LogP contribution in [0.15, 0.2) is 164 Å². The first-order valence-corrected chi connectivity index (χ1v) is 52.5. The second-order valence-corrected chi connectivity index (χ2v) is 48.3. The predicted octanol–water partition coefficient (Wildman–Crippen LogP) is 35.9. The van der Waals surface area contributed by atoms with Crippen molar-refractivity contribution in [2.24, 2.45) is 157 Å². The Morgan fingerprint density at radius 1 is 0.262 bits per heavy atom. The molecule has 3 unspecified atom stereocenters. The van der Waals surface area contributed by atoms with Gasteiger partial charge >= 0.3 is 0 Å². The van der Waals surface area contributed by atoms with Gasteiger partial charge in [0.05, 0.1) is 4.11 Å². The summed E-state index contributed by atoms with van der Waals surface area (Å²) in [4.78, 5) is 0. The third-order valence-corrected chi connectivity index (χ3v) is 41.3. The Morgan fingerprint density at radius 2 is 0.566 bits per heavy atom. The fraction of sp³-hybridized carbons (Fsp3) is 0.656. The molecule has 0 nitrogen and oxygen atoms in total. The van der Waals surface area contributed by atoms with Crippen LogP contribution in [0, 0.1) is 157 Å². The smallest absolute Gasteiger partial charge is 0.0628 e. The predicted molar refractivity (Wildman–Crippen MR) is 522 cm³/mol. The highest BCUT2D eigenvalue weighted by atomic mass is 14.7. The molecule has 12 aliphatic carbocycles. The Bertz CT molecular complexity index is 4670. The highest BCUT2D eigenvalue weighted by Gasteiger charge is 2.64. The van der Waals surface area contributed by atoms with E-state index in [1.54, 1.807) is 0 Å². The Hall–Kier alpha value is -5.46. The number of hydrogen-bond acceptors (Lipinski definition) is 0. The second-order valence-electron chi connectivity index (χ2n) is 48.3. The molecule has 0 aromatic heterocycles. The van der Waals surface area contributed by atoms with Crippen LogP contribution < -0.4 is 0 Å². The van der Waals surface area contributed by atoms with E-state index in [-0.39, 0.29) is 18.1 Å². The summed E-state index contributed by atoms with van der Waals surface area (Å²) in [5.41, 5.74) is 17.9. The maximum Gasteiger partial charge on any atom is 0.0636 e. The van der Waals surface area contributed by atoms with Gasteiger partial charge < -0.3 is 0 Å². The molecule has 27 atom stereocenters. The first-order valence-electron chi connectivity index (χ1n) is 54.0. The van der Waals surface area contributed by atoms with Crippen LogP contribution >= 0.6 is 0 Å². The first kappa shape index (κ1) is 82.2. The van der Waals surface area contributed by atoms with Crippen molar-refractivity contribution in [3.63, 3.8) is 0 Å². The SMILES string of the molecule is [2H]c1c(-c2ccccc2-c2ccc(C3CC[C@H]4[C@@H](CC[C@@H]5[C@@H]4CC[C@]4(C)[C@@H]([C@H](C)CCCC(C)C)CC[C@@H]54)C3)cc2)c([2H])c(-c2ccccc2-c2ccc(C3CC[C@@]4(C)[C@@H](CC[C@@H]5[C@@H]4CC[C@]4(C)[C@@H]([C@H](C)CCCC(C)C)CC[C@@H]54)C3)cc2)c([2H])c1-c1ccccc1-c1ccc(C2CC[C@@]3(C)[C@@H](CC[C@@H]4[C@@H]3CC[C@]3(C)[C@@H]([C@H](C)CCCC(C)C)CC[C@@H]43)C2)cc1. The van der Waals surface area contributed by atoms with E-state index in [4.69, 9.17) is 0 Å². The number of fused-ring (bicyclic) bond motifs is 15. The van der Waals surface area contributed by atoms with Crippen molar-refractivity contribution in [1.82, 2.24) is 0 Å². The first-order chi connectivity index (χ1) is 60.3. The molecule has 122 heavy (non-hydrogen) atoms. The minimum absolute atomic E-state index is 0.262. The van der Waals surface area contributed by atoms with E-state index in [1.807, 2.05) is 0 Å². The lowest BCUT2D eigenvalue weighted by molar-refractivity contribution is -0.117. The minimum atomic E-state index is 0.262. The summed E-state index contributed by atoms with van der Waals surface area (Å²) in [6.45, 7) is 36.2. The molecule has 0 heterocycles. The lowest BCUT2D eigenvalue weighted by Gasteiger charge is -2.61. The molecular formula is C122H166. The van der Waals surface area contributed by atoms with Crippen LogP contribution in [-0.2, 0) is 0 Å². The highest BCUT2D eigenvalue weighted by molar-refractivity contribution is 5.94. The maximum absolute atomic E-state index is 10.9. The molecule has 0 N–H and O–H groups in total. The Labute approximate surface area is 749 Å². The summed E-state index contributed by atoms with van der Waals surface area (Å²) in [7, 11) is 0. The lowest BCUT2D eigenvalue weighted by Crippen LogP contribution is -2.53. The maximum atomic E-state index is 10.9. The molecule has 12 saturated carbocycles. The van der Waals surface area contributed by atoms with Crippen molar-refractivity contribution in [2.75, 3.05) is 0 Å². The van der Waals surface area contributed by atoms with Gasteiger partial charge in [0, 0.05) is 0 Å². The summed E-state index contributed by atoms with van der Waals surface area (Å²) < 4.78 is 32.7. The molecule has 12 aliphatic rings. The largest absolute Gasteiger partial charge is 0.0636 e. The third-order valence-electron chi connectivity index (χ3n) is 41.3. The molecule has 7 aromatic rings. The van der Waals surface area contributed by atoms with Crippen LogP contribution in [0.4, 0.5) is 0 Å². The molecule has 7 aromatic carbocycles. The molecule has 654 valence electrons. The third kappa shape index (κ3) is 15.9. The van der Waals surface area contributed by atoms with Gasteiger partial charge in [-0.1, -0.05) is 300 Å². The van der Waals surface area contributed by atoms with Gasteiger partial charge in [0.25, 0.3) is 0 Å². The van der Waals surface area contributed by atoms with Gasteiger partial charge in [-0.25, -0.2) is 0 Å². The Kier molecular flexibility index (Phi) is 23.7. The fourth-order valence-electron chi connectivity index (χ4n) is 34.9. The summed E-state index contributed by atoms with van der Waals surface area (Å²) in [6, 6.07) is 56.1. The van der Waals surface area contributed by atoms with Gasteiger partial charge in [-0.3, -0.25) is 0 Å². The van der Waals surface area contributed by atoms with Crippen LogP contribution in [0.2, 0.25) is 0 Å². The molecule has 19 rings (SSSR count). The molecular weight excluding hydrogens is 1470 g/mol. The van der Waals surface area contributed by atoms with Gasteiger partial charge in [0.1, 0.15) is 0 Å². The van der Waals surface area contributed by atoms with E-state index in [2.05, 4.69) is 243 Å². The van der Waals surface area contributed by atoms with Gasteiger partial charge in [0.2, 0.25) is 0 Å². The van der Waals surface area contributed by atoms with Crippen molar-refractivity contribution >= 4 is 0 Å². The molecule has 0 saturated heterocycles. The molecule has 0 aliphatic heterocycles. The molecule has 0 radical (unpaired) electrons. The fourth-order valence-corrected chi connectivity index (χ4v) is 34.9. The number of benzene rings is 7.